The van der Waals surface area contributed by atoms with Crippen LogP contribution in [0.2, 0.25) is 0 Å². The van der Waals surface area contributed by atoms with Gasteiger partial charge >= 0.3 is 0 Å². The zero-order chi connectivity index (χ0) is 20.6. The summed E-state index contributed by atoms with van der Waals surface area (Å²) in [5.74, 6) is 0. The van der Waals surface area contributed by atoms with Crippen LogP contribution in [0, 0.1) is 0 Å². The quantitative estimate of drug-likeness (QED) is 0.488. The molecule has 3 aromatic carbocycles. The number of fused-ring (bicyclic) bond motifs is 1. The monoisotopic (exact) mass is 445 g/mol. The van der Waals surface area contributed by atoms with Gasteiger partial charge in [0.2, 0.25) is 10.0 Å². The van der Waals surface area contributed by atoms with Gasteiger partial charge in [0.05, 0.1) is 20.0 Å². The minimum atomic E-state index is -3.90. The average Bonchev–Trinajstić information content (AvgIpc) is 3.12. The lowest BCUT2D eigenvalue weighted by Crippen LogP contribution is -2.15. The van der Waals surface area contributed by atoms with E-state index in [9.17, 15) is 16.8 Å². The lowest BCUT2D eigenvalue weighted by molar-refractivity contribution is 0.595. The van der Waals surface area contributed by atoms with E-state index >= 15 is 0 Å². The Morgan fingerprint density at radius 3 is 2.21 bits per heavy atom. The van der Waals surface area contributed by atoms with Crippen molar-refractivity contribution in [3.8, 4) is 10.6 Å². The van der Waals surface area contributed by atoms with Crippen LogP contribution in [0.15, 0.2) is 82.6 Å². The Kier molecular flexibility index (Phi) is 4.87. The third-order valence-corrected chi connectivity index (χ3v) is 7.53. The Balaban J connectivity index is 1.63. The van der Waals surface area contributed by atoms with Crippen molar-refractivity contribution in [1.29, 1.82) is 0 Å². The number of thiazole rings is 1. The van der Waals surface area contributed by atoms with Gasteiger partial charge in [-0.15, -0.1) is 11.3 Å². The predicted molar refractivity (Wildman–Crippen MR) is 114 cm³/mol. The van der Waals surface area contributed by atoms with Crippen LogP contribution in [0.3, 0.4) is 0 Å². The normalized spacial score (nSPS) is 12.2. The number of benzene rings is 3. The highest BCUT2D eigenvalue weighted by molar-refractivity contribution is 7.92. The van der Waals surface area contributed by atoms with Gasteiger partial charge in [-0.25, -0.2) is 27.0 Å². The molecule has 0 aliphatic carbocycles. The summed E-state index contributed by atoms with van der Waals surface area (Å²) in [6.07, 6.45) is 0. The first kappa shape index (κ1) is 19.5. The topological polar surface area (TPSA) is 119 Å². The summed E-state index contributed by atoms with van der Waals surface area (Å²) < 4.78 is 51.5. The smallest absolute Gasteiger partial charge is 0.261 e. The number of para-hydroxylation sites is 1. The summed E-state index contributed by atoms with van der Waals surface area (Å²) in [5, 5.41) is 5.82. The number of anilines is 1. The molecule has 0 spiro atoms. The second kappa shape index (κ2) is 7.23. The summed E-state index contributed by atoms with van der Waals surface area (Å²) in [6, 6.07) is 19.4. The third-order valence-electron chi connectivity index (χ3n) is 4.12. The van der Waals surface area contributed by atoms with E-state index in [1.54, 1.807) is 18.2 Å². The van der Waals surface area contributed by atoms with E-state index in [-0.39, 0.29) is 9.79 Å². The van der Waals surface area contributed by atoms with Gasteiger partial charge in [-0.1, -0.05) is 24.3 Å². The first-order valence-corrected chi connectivity index (χ1v) is 12.2. The average molecular weight is 446 g/mol. The molecule has 0 aliphatic heterocycles. The number of sulfonamides is 2. The summed E-state index contributed by atoms with van der Waals surface area (Å²) >= 11 is 1.52. The van der Waals surface area contributed by atoms with Crippen molar-refractivity contribution < 1.29 is 16.8 Å². The molecule has 4 rings (SSSR count). The number of primary sulfonamides is 1. The van der Waals surface area contributed by atoms with Crippen LogP contribution < -0.4 is 9.86 Å². The van der Waals surface area contributed by atoms with Crippen LogP contribution in [0.4, 0.5) is 5.69 Å². The van der Waals surface area contributed by atoms with E-state index in [0.717, 1.165) is 32.9 Å². The molecule has 0 radical (unpaired) electrons. The molecule has 3 N–H and O–H groups in total. The van der Waals surface area contributed by atoms with Crippen molar-refractivity contribution in [2.75, 3.05) is 4.72 Å². The van der Waals surface area contributed by atoms with Gasteiger partial charge in [0, 0.05) is 11.3 Å². The van der Waals surface area contributed by atoms with E-state index in [2.05, 4.69) is 9.71 Å². The van der Waals surface area contributed by atoms with Crippen LogP contribution >= 0.6 is 11.3 Å². The van der Waals surface area contributed by atoms with E-state index in [1.165, 1.54) is 23.5 Å². The minimum Gasteiger partial charge on any atom is -0.280 e. The maximum absolute atomic E-state index is 12.6. The fraction of sp³-hybridized carbons (Fsp3) is 0. The Morgan fingerprint density at radius 1 is 0.828 bits per heavy atom. The third kappa shape index (κ3) is 4.15. The van der Waals surface area contributed by atoms with Crippen molar-refractivity contribution in [2.24, 2.45) is 5.14 Å². The van der Waals surface area contributed by atoms with Crippen molar-refractivity contribution in [2.45, 2.75) is 9.79 Å². The molecule has 10 heteroatoms. The van der Waals surface area contributed by atoms with E-state index in [0.29, 0.717) is 5.69 Å². The van der Waals surface area contributed by atoms with E-state index in [1.807, 2.05) is 30.3 Å². The van der Waals surface area contributed by atoms with Gasteiger partial charge in [0.15, 0.2) is 0 Å². The first-order chi connectivity index (χ1) is 13.7. The molecule has 0 saturated carbocycles. The lowest BCUT2D eigenvalue weighted by atomic mass is 10.2. The molecule has 29 heavy (non-hydrogen) atoms. The maximum atomic E-state index is 12.6. The molecule has 7 nitrogen and oxygen atoms in total. The second-order valence-corrected chi connectivity index (χ2v) is 10.5. The Hall–Kier alpha value is -2.79. The van der Waals surface area contributed by atoms with Gasteiger partial charge in [-0.05, 0) is 48.5 Å². The summed E-state index contributed by atoms with van der Waals surface area (Å²) in [6.45, 7) is 0. The minimum absolute atomic E-state index is 0.0738. The molecule has 148 valence electrons. The van der Waals surface area contributed by atoms with Crippen molar-refractivity contribution in [3.63, 3.8) is 0 Å². The Labute approximate surface area is 171 Å². The number of hydrogen-bond acceptors (Lipinski definition) is 6. The molecular formula is C19H15N3O4S3. The zero-order valence-electron chi connectivity index (χ0n) is 14.8. The molecule has 1 aromatic heterocycles. The summed E-state index contributed by atoms with van der Waals surface area (Å²) in [7, 11) is -7.79. The highest BCUT2D eigenvalue weighted by Gasteiger charge is 2.17. The van der Waals surface area contributed by atoms with Gasteiger partial charge in [0.1, 0.15) is 5.01 Å². The number of rotatable bonds is 5. The van der Waals surface area contributed by atoms with Gasteiger partial charge in [-0.3, -0.25) is 4.72 Å². The van der Waals surface area contributed by atoms with Crippen molar-refractivity contribution in [1.82, 2.24) is 4.98 Å². The molecule has 4 aromatic rings. The van der Waals surface area contributed by atoms with Gasteiger partial charge in [0.25, 0.3) is 10.0 Å². The number of hydrogen-bond donors (Lipinski definition) is 2. The first-order valence-electron chi connectivity index (χ1n) is 8.34. The largest absolute Gasteiger partial charge is 0.280 e. The molecule has 0 bridgehead atoms. The Bertz CT molecular complexity index is 1380. The van der Waals surface area contributed by atoms with Gasteiger partial charge in [-0.2, -0.15) is 0 Å². The van der Waals surface area contributed by atoms with Crippen LogP contribution in [0.5, 0.6) is 0 Å². The highest BCUT2D eigenvalue weighted by Crippen LogP contribution is 2.31. The van der Waals surface area contributed by atoms with Gasteiger partial charge < -0.3 is 0 Å². The molecule has 0 fully saturated rings. The van der Waals surface area contributed by atoms with E-state index in [4.69, 9.17) is 5.14 Å². The Morgan fingerprint density at radius 2 is 1.52 bits per heavy atom. The lowest BCUT2D eigenvalue weighted by Gasteiger charge is -2.09. The number of nitrogens with zero attached hydrogens (tertiary/aromatic N) is 1. The molecule has 0 aliphatic rings. The van der Waals surface area contributed by atoms with E-state index < -0.39 is 20.0 Å². The number of nitrogens with two attached hydrogens (primary N) is 1. The maximum Gasteiger partial charge on any atom is 0.261 e. The standard InChI is InChI=1S/C19H15N3O4S3/c20-28(23,24)15-8-10-16(11-9-15)29(25,26)22-14-5-3-4-13(12-14)19-21-17-6-1-2-7-18(17)27-19/h1-12,22H,(H2,20,23,24). The zero-order valence-corrected chi connectivity index (χ0v) is 17.3. The summed E-state index contributed by atoms with van der Waals surface area (Å²) in [4.78, 5) is 4.35. The van der Waals surface area contributed by atoms with Crippen LogP contribution in [0.1, 0.15) is 0 Å². The molecule has 0 saturated heterocycles. The molecule has 0 unspecified atom stereocenters. The van der Waals surface area contributed by atoms with Crippen molar-refractivity contribution in [3.05, 3.63) is 72.8 Å². The fourth-order valence-corrected chi connectivity index (χ4v) is 5.26. The van der Waals surface area contributed by atoms with Crippen LogP contribution in [0.25, 0.3) is 20.8 Å². The number of aromatic nitrogens is 1. The fourth-order valence-electron chi connectivity index (χ4n) is 2.73. The van der Waals surface area contributed by atoms with Crippen LogP contribution in [-0.4, -0.2) is 21.8 Å². The molecule has 1 heterocycles. The second-order valence-electron chi connectivity index (χ2n) is 6.19. The summed E-state index contributed by atoms with van der Waals surface area (Å²) in [5.41, 5.74) is 2.04. The van der Waals surface area contributed by atoms with Crippen LogP contribution in [-0.2, 0) is 20.0 Å². The van der Waals surface area contributed by atoms with Crippen molar-refractivity contribution >= 4 is 47.3 Å². The number of nitrogens with one attached hydrogen (secondary N) is 1. The molecule has 0 atom stereocenters. The predicted octanol–water partition coefficient (Wildman–Crippen LogP) is 3.41. The molecule has 0 amide bonds. The SMILES string of the molecule is NS(=O)(=O)c1ccc(S(=O)(=O)Nc2cccc(-c3nc4ccccc4s3)c2)cc1. The molecular weight excluding hydrogens is 430 g/mol. The highest BCUT2D eigenvalue weighted by atomic mass is 32.2.